The first-order valence-electron chi connectivity index (χ1n) is 4.17. The molecule has 8 heteroatoms. The van der Waals surface area contributed by atoms with Crippen LogP contribution in [-0.2, 0) is 16.5 Å². The number of nitro benzene ring substituents is 1. The van der Waals surface area contributed by atoms with Crippen LogP contribution in [0.15, 0.2) is 23.1 Å². The molecular formula is C8H8BrNO5S. The summed E-state index contributed by atoms with van der Waals surface area (Å²) in [6.45, 7) is 0. The van der Waals surface area contributed by atoms with E-state index in [1.54, 1.807) is 0 Å². The number of hydrogen-bond donors (Lipinski definition) is 1. The normalized spacial score (nSPS) is 11.4. The molecule has 0 heterocycles. The Hall–Kier alpha value is -0.990. The predicted octanol–water partition coefficient (Wildman–Crippen LogP) is 1.78. The van der Waals surface area contributed by atoms with Crippen molar-refractivity contribution in [3.8, 4) is 0 Å². The molecule has 0 aliphatic rings. The van der Waals surface area contributed by atoms with E-state index in [1.165, 1.54) is 0 Å². The van der Waals surface area contributed by atoms with E-state index < -0.39 is 15.0 Å². The number of halogens is 1. The van der Waals surface area contributed by atoms with E-state index in [9.17, 15) is 18.5 Å². The highest BCUT2D eigenvalue weighted by molar-refractivity contribution is 9.09. The summed E-state index contributed by atoms with van der Waals surface area (Å²) in [7, 11) is -4.34. The molecular weight excluding hydrogens is 302 g/mol. The zero-order valence-electron chi connectivity index (χ0n) is 7.96. The maximum atomic E-state index is 11.0. The Morgan fingerprint density at radius 2 is 2.06 bits per heavy atom. The van der Waals surface area contributed by atoms with Crippen molar-refractivity contribution < 1.29 is 17.9 Å². The van der Waals surface area contributed by atoms with Crippen LogP contribution in [0.4, 0.5) is 5.69 Å². The number of nitrogens with zero attached hydrogens (tertiary/aromatic N) is 1. The standard InChI is InChI=1S/C8H8BrNO5S/c9-4-3-6-5-7(10(11)12)1-2-8(6)16(13,14)15/h1-2,5H,3-4H2,(H,13,14,15). The van der Waals surface area contributed by atoms with Crippen molar-refractivity contribution in [2.75, 3.05) is 5.33 Å². The van der Waals surface area contributed by atoms with Gasteiger partial charge in [0.1, 0.15) is 0 Å². The van der Waals surface area contributed by atoms with Gasteiger partial charge in [-0.1, -0.05) is 15.9 Å². The van der Waals surface area contributed by atoms with Crippen LogP contribution < -0.4 is 0 Å². The first kappa shape index (κ1) is 13.1. The van der Waals surface area contributed by atoms with Gasteiger partial charge < -0.3 is 0 Å². The maximum absolute atomic E-state index is 11.0. The van der Waals surface area contributed by atoms with Gasteiger partial charge in [0.05, 0.1) is 9.82 Å². The van der Waals surface area contributed by atoms with Crippen molar-refractivity contribution in [1.82, 2.24) is 0 Å². The summed E-state index contributed by atoms with van der Waals surface area (Å²) in [5.41, 5.74) is 0.0110. The Morgan fingerprint density at radius 3 is 2.50 bits per heavy atom. The third-order valence-electron chi connectivity index (χ3n) is 1.90. The van der Waals surface area contributed by atoms with Crippen LogP contribution in [0.5, 0.6) is 0 Å². The van der Waals surface area contributed by atoms with Gasteiger partial charge in [0.25, 0.3) is 15.8 Å². The molecule has 1 rings (SSSR count). The fourth-order valence-corrected chi connectivity index (χ4v) is 2.39. The lowest BCUT2D eigenvalue weighted by molar-refractivity contribution is -0.385. The summed E-state index contributed by atoms with van der Waals surface area (Å²) in [5, 5.41) is 10.9. The first-order chi connectivity index (χ1) is 7.36. The zero-order chi connectivity index (χ0) is 12.3. The summed E-state index contributed by atoms with van der Waals surface area (Å²) < 4.78 is 30.9. The summed E-state index contributed by atoms with van der Waals surface area (Å²) in [4.78, 5) is 9.59. The first-order valence-corrected chi connectivity index (χ1v) is 6.73. The van der Waals surface area contributed by atoms with E-state index in [-0.39, 0.29) is 22.6 Å². The lowest BCUT2D eigenvalue weighted by Gasteiger charge is -2.04. The molecule has 0 aliphatic carbocycles. The number of benzene rings is 1. The molecule has 0 bridgehead atoms. The van der Waals surface area contributed by atoms with E-state index in [4.69, 9.17) is 4.55 Å². The number of hydrogen-bond acceptors (Lipinski definition) is 4. The van der Waals surface area contributed by atoms with Crippen LogP contribution in [0.3, 0.4) is 0 Å². The molecule has 88 valence electrons. The Bertz CT molecular complexity index is 513. The fraction of sp³-hybridized carbons (Fsp3) is 0.250. The zero-order valence-corrected chi connectivity index (χ0v) is 10.4. The molecule has 1 aromatic rings. The molecule has 0 aliphatic heterocycles. The molecule has 0 saturated heterocycles. The Kier molecular flexibility index (Phi) is 4.00. The minimum absolute atomic E-state index is 0.205. The second kappa shape index (κ2) is 4.89. The summed E-state index contributed by atoms with van der Waals surface area (Å²) in [5.74, 6) is 0. The Balaban J connectivity index is 3.36. The van der Waals surface area contributed by atoms with Crippen LogP contribution in [0.2, 0.25) is 0 Å². The van der Waals surface area contributed by atoms with Crippen LogP contribution in [0.1, 0.15) is 5.56 Å². The highest BCUT2D eigenvalue weighted by Gasteiger charge is 2.18. The molecule has 0 saturated carbocycles. The summed E-state index contributed by atoms with van der Waals surface area (Å²) in [6, 6.07) is 3.22. The second-order valence-electron chi connectivity index (χ2n) is 2.96. The topological polar surface area (TPSA) is 97.5 Å². The quantitative estimate of drug-likeness (QED) is 0.395. The number of alkyl halides is 1. The molecule has 6 nitrogen and oxygen atoms in total. The largest absolute Gasteiger partial charge is 0.294 e. The van der Waals surface area contributed by atoms with Crippen LogP contribution in [0.25, 0.3) is 0 Å². The number of aryl methyl sites for hydroxylation is 1. The van der Waals surface area contributed by atoms with E-state index in [1.807, 2.05) is 0 Å². The fourth-order valence-electron chi connectivity index (χ4n) is 1.23. The van der Waals surface area contributed by atoms with Crippen LogP contribution >= 0.6 is 15.9 Å². The predicted molar refractivity (Wildman–Crippen MR) is 60.4 cm³/mol. The molecule has 0 radical (unpaired) electrons. The van der Waals surface area contributed by atoms with Gasteiger partial charge in [-0.3, -0.25) is 14.7 Å². The molecule has 0 spiro atoms. The van der Waals surface area contributed by atoms with Gasteiger partial charge in [-0.05, 0) is 18.1 Å². The van der Waals surface area contributed by atoms with Crippen LogP contribution in [0, 0.1) is 10.1 Å². The average molecular weight is 310 g/mol. The molecule has 1 N–H and O–H groups in total. The number of nitro groups is 1. The minimum atomic E-state index is -4.34. The Labute approximate surface area is 100 Å². The Morgan fingerprint density at radius 1 is 1.44 bits per heavy atom. The van der Waals surface area contributed by atoms with E-state index in [2.05, 4.69) is 15.9 Å². The molecule has 0 fully saturated rings. The minimum Gasteiger partial charge on any atom is -0.282 e. The lowest BCUT2D eigenvalue weighted by atomic mass is 10.1. The second-order valence-corrected chi connectivity index (χ2v) is 5.15. The molecule has 1 aromatic carbocycles. The van der Waals surface area contributed by atoms with E-state index >= 15 is 0 Å². The maximum Gasteiger partial charge on any atom is 0.294 e. The van der Waals surface area contributed by atoms with Gasteiger partial charge in [0.2, 0.25) is 0 Å². The van der Waals surface area contributed by atoms with E-state index in [0.29, 0.717) is 5.33 Å². The van der Waals surface area contributed by atoms with Gasteiger partial charge in [-0.2, -0.15) is 8.42 Å². The highest BCUT2D eigenvalue weighted by Crippen LogP contribution is 2.22. The smallest absolute Gasteiger partial charge is 0.282 e. The third-order valence-corrected chi connectivity index (χ3v) is 3.25. The molecule has 0 aromatic heterocycles. The lowest BCUT2D eigenvalue weighted by Crippen LogP contribution is -2.04. The van der Waals surface area contributed by atoms with Crippen molar-refractivity contribution in [1.29, 1.82) is 0 Å². The van der Waals surface area contributed by atoms with Gasteiger partial charge in [0.15, 0.2) is 0 Å². The average Bonchev–Trinajstić information content (AvgIpc) is 2.16. The molecule has 0 unspecified atom stereocenters. The summed E-state index contributed by atoms with van der Waals surface area (Å²) in [6.07, 6.45) is 0.275. The van der Waals surface area contributed by atoms with Crippen molar-refractivity contribution in [2.45, 2.75) is 11.3 Å². The number of rotatable bonds is 4. The van der Waals surface area contributed by atoms with Crippen molar-refractivity contribution in [2.24, 2.45) is 0 Å². The van der Waals surface area contributed by atoms with Crippen molar-refractivity contribution in [3.63, 3.8) is 0 Å². The van der Waals surface area contributed by atoms with Crippen LogP contribution in [-0.4, -0.2) is 23.2 Å². The SMILES string of the molecule is O=[N+]([O-])c1ccc(S(=O)(=O)O)c(CCBr)c1. The summed E-state index contributed by atoms with van der Waals surface area (Å²) >= 11 is 3.10. The van der Waals surface area contributed by atoms with Gasteiger partial charge >= 0.3 is 0 Å². The molecule has 0 atom stereocenters. The number of non-ortho nitro benzene ring substituents is 1. The third kappa shape index (κ3) is 3.00. The van der Waals surface area contributed by atoms with E-state index in [0.717, 1.165) is 18.2 Å². The highest BCUT2D eigenvalue weighted by atomic mass is 79.9. The van der Waals surface area contributed by atoms with Crippen molar-refractivity contribution >= 4 is 31.7 Å². The van der Waals surface area contributed by atoms with Crippen molar-refractivity contribution in [3.05, 3.63) is 33.9 Å². The molecule has 16 heavy (non-hydrogen) atoms. The van der Waals surface area contributed by atoms with Gasteiger partial charge in [-0.15, -0.1) is 0 Å². The monoisotopic (exact) mass is 309 g/mol. The molecule has 0 amide bonds. The van der Waals surface area contributed by atoms with Gasteiger partial charge in [-0.25, -0.2) is 0 Å². The van der Waals surface area contributed by atoms with Gasteiger partial charge in [0, 0.05) is 17.5 Å².